The zero-order valence-electron chi connectivity index (χ0n) is 10.7. The summed E-state index contributed by atoms with van der Waals surface area (Å²) in [6.07, 6.45) is 0.937. The number of benzene rings is 1. The summed E-state index contributed by atoms with van der Waals surface area (Å²) in [6, 6.07) is 8.90. The molecule has 1 heterocycles. The fraction of sp³-hybridized carbons (Fsp3) is 0.286. The highest BCUT2D eigenvalue weighted by molar-refractivity contribution is 7.13. The maximum Gasteiger partial charge on any atom is 0.273 e. The predicted molar refractivity (Wildman–Crippen MR) is 73.1 cm³/mol. The molecule has 1 atom stereocenters. The molecule has 0 aliphatic rings. The highest BCUT2D eigenvalue weighted by Gasteiger charge is 2.15. The highest BCUT2D eigenvalue weighted by Crippen LogP contribution is 2.30. The smallest absolute Gasteiger partial charge is 0.273 e. The largest absolute Gasteiger partial charge is 0.467 e. The number of nitrogens with zero attached hydrogens (tertiary/aromatic N) is 2. The Hall–Kier alpha value is -1.90. The van der Waals surface area contributed by atoms with Gasteiger partial charge in [0.25, 0.3) is 5.19 Å². The Kier molecular flexibility index (Phi) is 4.15. The van der Waals surface area contributed by atoms with E-state index in [-0.39, 0.29) is 6.10 Å². The van der Waals surface area contributed by atoms with Crippen LogP contribution in [-0.4, -0.2) is 16.2 Å². The van der Waals surface area contributed by atoms with Gasteiger partial charge in [-0.05, 0) is 31.5 Å². The van der Waals surface area contributed by atoms with Gasteiger partial charge in [0.05, 0.1) is 22.6 Å². The van der Waals surface area contributed by atoms with Crippen LogP contribution in [0.4, 0.5) is 0 Å². The molecule has 2 rings (SSSR count). The fourth-order valence-electron chi connectivity index (χ4n) is 1.56. The van der Waals surface area contributed by atoms with Crippen molar-refractivity contribution in [1.29, 1.82) is 5.26 Å². The van der Waals surface area contributed by atoms with E-state index >= 15 is 0 Å². The van der Waals surface area contributed by atoms with Gasteiger partial charge < -0.3 is 9.84 Å². The Morgan fingerprint density at radius 3 is 2.58 bits per heavy atom. The summed E-state index contributed by atoms with van der Waals surface area (Å²) in [6.45, 7) is 3.86. The summed E-state index contributed by atoms with van der Waals surface area (Å²) in [5, 5.41) is 19.5. The molecule has 0 amide bonds. The van der Waals surface area contributed by atoms with Crippen molar-refractivity contribution in [2.75, 3.05) is 0 Å². The van der Waals surface area contributed by atoms with Crippen LogP contribution >= 0.6 is 11.3 Å². The minimum atomic E-state index is -0.741. The minimum Gasteiger partial charge on any atom is -0.467 e. The average molecular weight is 274 g/mol. The fourth-order valence-corrected chi connectivity index (χ4v) is 2.46. The molecule has 2 aromatic rings. The third-order valence-electron chi connectivity index (χ3n) is 2.46. The summed E-state index contributed by atoms with van der Waals surface area (Å²) in [7, 11) is 0. The van der Waals surface area contributed by atoms with Crippen LogP contribution in [0.5, 0.6) is 5.19 Å². The molecule has 1 unspecified atom stereocenters. The molecule has 5 heteroatoms. The summed E-state index contributed by atoms with van der Waals surface area (Å²) in [4.78, 5) is 4.84. The van der Waals surface area contributed by atoms with Gasteiger partial charge in [-0.15, -0.1) is 0 Å². The van der Waals surface area contributed by atoms with Gasteiger partial charge >= 0.3 is 0 Å². The summed E-state index contributed by atoms with van der Waals surface area (Å²) in [5.41, 5.74) is 1.31. The number of thiazole rings is 1. The number of aliphatic hydroxyl groups is 1. The third kappa shape index (κ3) is 3.31. The van der Waals surface area contributed by atoms with Gasteiger partial charge in [0, 0.05) is 6.20 Å². The first-order valence-electron chi connectivity index (χ1n) is 5.90. The second kappa shape index (κ2) is 5.83. The molecular formula is C14H14N2O2S. The zero-order valence-corrected chi connectivity index (χ0v) is 11.5. The van der Waals surface area contributed by atoms with Crippen LogP contribution < -0.4 is 4.74 Å². The van der Waals surface area contributed by atoms with E-state index in [2.05, 4.69) is 4.98 Å². The van der Waals surface area contributed by atoms with E-state index in [1.165, 1.54) is 11.3 Å². The van der Waals surface area contributed by atoms with Crippen molar-refractivity contribution in [1.82, 2.24) is 4.98 Å². The summed E-state index contributed by atoms with van der Waals surface area (Å²) in [5.74, 6) is 0. The van der Waals surface area contributed by atoms with Crippen LogP contribution in [0, 0.1) is 11.3 Å². The van der Waals surface area contributed by atoms with E-state index in [1.54, 1.807) is 30.5 Å². The van der Waals surface area contributed by atoms with Crippen LogP contribution in [0.25, 0.3) is 0 Å². The van der Waals surface area contributed by atoms with Crippen LogP contribution in [0.3, 0.4) is 0 Å². The summed E-state index contributed by atoms with van der Waals surface area (Å²) >= 11 is 1.33. The number of nitriles is 1. The van der Waals surface area contributed by atoms with Crippen molar-refractivity contribution >= 4 is 11.3 Å². The number of hydrogen-bond donors (Lipinski definition) is 1. The van der Waals surface area contributed by atoms with E-state index in [0.717, 1.165) is 10.4 Å². The zero-order chi connectivity index (χ0) is 13.8. The van der Waals surface area contributed by atoms with E-state index in [0.29, 0.717) is 10.8 Å². The van der Waals surface area contributed by atoms with Crippen molar-refractivity contribution in [2.24, 2.45) is 0 Å². The Morgan fingerprint density at radius 1 is 1.32 bits per heavy atom. The molecule has 0 saturated carbocycles. The van der Waals surface area contributed by atoms with Crippen LogP contribution in [-0.2, 0) is 0 Å². The lowest BCUT2D eigenvalue weighted by atomic mass is 10.1. The quantitative estimate of drug-likeness (QED) is 0.931. The molecule has 0 fully saturated rings. The van der Waals surface area contributed by atoms with E-state index in [9.17, 15) is 5.11 Å². The molecule has 19 heavy (non-hydrogen) atoms. The molecule has 0 bridgehead atoms. The molecule has 0 aliphatic heterocycles. The van der Waals surface area contributed by atoms with Gasteiger partial charge in [0.1, 0.15) is 6.10 Å². The molecule has 0 spiro atoms. The Balaban J connectivity index is 2.16. The second-order valence-electron chi connectivity index (χ2n) is 4.33. The highest BCUT2D eigenvalue weighted by atomic mass is 32.1. The molecule has 0 radical (unpaired) electrons. The van der Waals surface area contributed by atoms with Gasteiger partial charge in [0.15, 0.2) is 0 Å². The van der Waals surface area contributed by atoms with Gasteiger partial charge in [-0.3, -0.25) is 0 Å². The number of ether oxygens (including phenoxy) is 1. The van der Waals surface area contributed by atoms with Crippen LogP contribution in [0.1, 0.15) is 36.0 Å². The molecule has 1 N–H and O–H groups in total. The molecule has 1 aromatic heterocycles. The normalized spacial score (nSPS) is 12.2. The van der Waals surface area contributed by atoms with E-state index in [4.69, 9.17) is 10.00 Å². The number of aliphatic hydroxyl groups excluding tert-OH is 1. The van der Waals surface area contributed by atoms with Gasteiger partial charge in [-0.2, -0.15) is 5.26 Å². The van der Waals surface area contributed by atoms with Crippen molar-refractivity contribution < 1.29 is 9.84 Å². The summed E-state index contributed by atoms with van der Waals surface area (Å²) < 4.78 is 5.47. The van der Waals surface area contributed by atoms with E-state index < -0.39 is 6.10 Å². The molecular weight excluding hydrogens is 260 g/mol. The van der Waals surface area contributed by atoms with Gasteiger partial charge in [-0.1, -0.05) is 23.5 Å². The molecule has 0 aliphatic carbocycles. The molecule has 1 aromatic carbocycles. The van der Waals surface area contributed by atoms with Crippen molar-refractivity contribution in [3.63, 3.8) is 0 Å². The Bertz CT molecular complexity index is 584. The Morgan fingerprint density at radius 2 is 2.00 bits per heavy atom. The Labute approximate surface area is 115 Å². The van der Waals surface area contributed by atoms with Crippen LogP contribution in [0.15, 0.2) is 30.5 Å². The monoisotopic (exact) mass is 274 g/mol. The van der Waals surface area contributed by atoms with Crippen molar-refractivity contribution in [3.05, 3.63) is 46.5 Å². The molecule has 0 saturated heterocycles. The predicted octanol–water partition coefficient (Wildman–Crippen LogP) is 2.88. The standard InChI is InChI=1S/C14H14N2O2S/c1-9(2)18-14-16-8-12(19-14)13(17)11-5-3-10(7-15)4-6-11/h3-6,8-9,13,17H,1-2H3. The lowest BCUT2D eigenvalue weighted by Crippen LogP contribution is -2.04. The van der Waals surface area contributed by atoms with Crippen molar-refractivity contribution in [3.8, 4) is 11.3 Å². The third-order valence-corrected chi connectivity index (χ3v) is 3.40. The minimum absolute atomic E-state index is 0.0612. The van der Waals surface area contributed by atoms with E-state index in [1.807, 2.05) is 19.9 Å². The average Bonchev–Trinajstić information content (AvgIpc) is 2.85. The first-order valence-corrected chi connectivity index (χ1v) is 6.72. The topological polar surface area (TPSA) is 66.1 Å². The van der Waals surface area contributed by atoms with Crippen LogP contribution in [0.2, 0.25) is 0 Å². The first kappa shape index (κ1) is 13.5. The number of aromatic nitrogens is 1. The van der Waals surface area contributed by atoms with Gasteiger partial charge in [0.2, 0.25) is 0 Å². The maximum atomic E-state index is 10.2. The lowest BCUT2D eigenvalue weighted by Gasteiger charge is -2.08. The van der Waals surface area contributed by atoms with Crippen molar-refractivity contribution in [2.45, 2.75) is 26.1 Å². The maximum absolute atomic E-state index is 10.2. The molecule has 4 nitrogen and oxygen atoms in total. The number of rotatable bonds is 4. The number of hydrogen-bond acceptors (Lipinski definition) is 5. The molecule has 98 valence electrons. The first-order chi connectivity index (χ1) is 9.10. The van der Waals surface area contributed by atoms with Gasteiger partial charge in [-0.25, -0.2) is 4.98 Å². The SMILES string of the molecule is CC(C)Oc1ncc(C(O)c2ccc(C#N)cc2)s1. The second-order valence-corrected chi connectivity index (χ2v) is 5.36. The lowest BCUT2D eigenvalue weighted by molar-refractivity contribution is 0.224.